The molecule has 1 unspecified atom stereocenters. The predicted molar refractivity (Wildman–Crippen MR) is 52.1 cm³/mol. The number of rotatable bonds is 4. The van der Waals surface area contributed by atoms with E-state index in [9.17, 15) is 8.42 Å². The normalized spacial score (nSPS) is 31.5. The quantitative estimate of drug-likeness (QED) is 0.649. The second kappa shape index (κ2) is 3.70. The van der Waals surface area contributed by atoms with E-state index in [1.807, 2.05) is 6.92 Å². The van der Waals surface area contributed by atoms with Crippen molar-refractivity contribution in [3.8, 4) is 0 Å². The molecule has 1 saturated heterocycles. The number of hydrogen-bond donors (Lipinski definition) is 0. The Bertz CT molecular complexity index is 281. The van der Waals surface area contributed by atoms with E-state index in [0.29, 0.717) is 12.4 Å². The van der Waals surface area contributed by atoms with Crippen LogP contribution < -0.4 is 0 Å². The Balaban J connectivity index is 2.68. The Labute approximate surface area is 79.7 Å². The summed E-state index contributed by atoms with van der Waals surface area (Å²) >= 11 is 0. The van der Waals surface area contributed by atoms with Crippen LogP contribution in [0.5, 0.6) is 0 Å². The van der Waals surface area contributed by atoms with Gasteiger partial charge in [-0.15, -0.1) is 0 Å². The fourth-order valence-electron chi connectivity index (χ4n) is 1.71. The molecule has 0 saturated carbocycles. The minimum atomic E-state index is -2.81. The van der Waals surface area contributed by atoms with Crippen molar-refractivity contribution in [2.45, 2.75) is 19.8 Å². The predicted octanol–water partition coefficient (Wildman–Crippen LogP) is 1.36. The zero-order valence-electron chi connectivity index (χ0n) is 7.95. The van der Waals surface area contributed by atoms with Crippen LogP contribution in [0.15, 0.2) is 12.8 Å². The smallest absolute Gasteiger partial charge is 0.151 e. The molecule has 3 nitrogen and oxygen atoms in total. The van der Waals surface area contributed by atoms with Gasteiger partial charge in [-0.05, 0) is 12.8 Å². The first-order valence-corrected chi connectivity index (χ1v) is 6.29. The molecule has 0 aliphatic carbocycles. The molecule has 1 atom stereocenters. The highest BCUT2D eigenvalue weighted by Gasteiger charge is 2.41. The van der Waals surface area contributed by atoms with E-state index in [1.165, 1.54) is 6.26 Å². The third-order valence-electron chi connectivity index (χ3n) is 2.73. The van der Waals surface area contributed by atoms with Crippen molar-refractivity contribution in [2.24, 2.45) is 5.41 Å². The Morgan fingerprint density at radius 3 is 2.69 bits per heavy atom. The minimum Gasteiger partial charge on any atom is -0.501 e. The topological polar surface area (TPSA) is 43.4 Å². The van der Waals surface area contributed by atoms with Gasteiger partial charge < -0.3 is 4.74 Å². The highest BCUT2D eigenvalue weighted by Crippen LogP contribution is 2.35. The van der Waals surface area contributed by atoms with Gasteiger partial charge in [0, 0.05) is 5.41 Å². The van der Waals surface area contributed by atoms with Gasteiger partial charge in [0.1, 0.15) is 0 Å². The van der Waals surface area contributed by atoms with Crippen molar-refractivity contribution in [1.82, 2.24) is 0 Å². The van der Waals surface area contributed by atoms with Gasteiger partial charge in [0.15, 0.2) is 9.84 Å². The summed E-state index contributed by atoms with van der Waals surface area (Å²) in [5.41, 5.74) is -0.160. The fourth-order valence-corrected chi connectivity index (χ4v) is 3.97. The highest BCUT2D eigenvalue weighted by atomic mass is 32.2. The van der Waals surface area contributed by atoms with Crippen LogP contribution in [0.2, 0.25) is 0 Å². The van der Waals surface area contributed by atoms with E-state index in [0.717, 1.165) is 12.8 Å². The van der Waals surface area contributed by atoms with Crippen LogP contribution in [0.4, 0.5) is 0 Å². The number of hydrogen-bond acceptors (Lipinski definition) is 3. The van der Waals surface area contributed by atoms with Gasteiger partial charge in [0.05, 0.1) is 24.4 Å². The Morgan fingerprint density at radius 2 is 2.31 bits per heavy atom. The van der Waals surface area contributed by atoms with E-state index >= 15 is 0 Å². The first-order chi connectivity index (χ1) is 6.04. The van der Waals surface area contributed by atoms with Crippen LogP contribution in [-0.4, -0.2) is 26.5 Å². The summed E-state index contributed by atoms with van der Waals surface area (Å²) in [6.07, 6.45) is 2.95. The summed E-state index contributed by atoms with van der Waals surface area (Å²) in [7, 11) is -2.81. The average molecular weight is 204 g/mol. The van der Waals surface area contributed by atoms with Crippen molar-refractivity contribution in [2.75, 3.05) is 18.1 Å². The maximum Gasteiger partial charge on any atom is 0.151 e. The van der Waals surface area contributed by atoms with E-state index < -0.39 is 9.84 Å². The third kappa shape index (κ3) is 2.46. The summed E-state index contributed by atoms with van der Waals surface area (Å²) < 4.78 is 27.7. The van der Waals surface area contributed by atoms with Gasteiger partial charge in [-0.1, -0.05) is 13.5 Å². The second-order valence-corrected chi connectivity index (χ2v) is 5.86. The van der Waals surface area contributed by atoms with E-state index in [4.69, 9.17) is 4.74 Å². The third-order valence-corrected chi connectivity index (χ3v) is 4.61. The molecule has 0 radical (unpaired) electrons. The average Bonchev–Trinajstić information content (AvgIpc) is 2.40. The van der Waals surface area contributed by atoms with Crippen LogP contribution in [0.3, 0.4) is 0 Å². The molecule has 4 heteroatoms. The number of sulfone groups is 1. The van der Waals surface area contributed by atoms with Crippen molar-refractivity contribution >= 4 is 9.84 Å². The highest BCUT2D eigenvalue weighted by molar-refractivity contribution is 7.91. The molecule has 1 fully saturated rings. The summed E-state index contributed by atoms with van der Waals surface area (Å²) in [6, 6.07) is 0. The first kappa shape index (κ1) is 10.6. The molecule has 0 aromatic heterocycles. The molecule has 1 rings (SSSR count). The second-order valence-electron chi connectivity index (χ2n) is 3.67. The summed E-state index contributed by atoms with van der Waals surface area (Å²) in [5, 5.41) is 0. The van der Waals surface area contributed by atoms with Gasteiger partial charge in [-0.3, -0.25) is 0 Å². The maximum absolute atomic E-state index is 11.3. The van der Waals surface area contributed by atoms with Crippen LogP contribution >= 0.6 is 0 Å². The van der Waals surface area contributed by atoms with Gasteiger partial charge in [-0.2, -0.15) is 0 Å². The molecule has 0 N–H and O–H groups in total. The van der Waals surface area contributed by atoms with Crippen LogP contribution in [-0.2, 0) is 14.6 Å². The molecular weight excluding hydrogens is 188 g/mol. The summed E-state index contributed by atoms with van der Waals surface area (Å²) in [6.45, 7) is 5.94. The minimum absolute atomic E-state index is 0.160. The van der Waals surface area contributed by atoms with Crippen molar-refractivity contribution < 1.29 is 13.2 Å². The van der Waals surface area contributed by atoms with Gasteiger partial charge in [0.2, 0.25) is 0 Å². The standard InChI is InChI=1S/C9H16O3S/c1-3-9(7-12-4-2)5-6-13(10,11)8-9/h4H,2-3,5-8H2,1H3. The Morgan fingerprint density at radius 1 is 1.62 bits per heavy atom. The molecule has 1 heterocycles. The largest absolute Gasteiger partial charge is 0.501 e. The molecule has 13 heavy (non-hydrogen) atoms. The lowest BCUT2D eigenvalue weighted by Gasteiger charge is -2.24. The SMILES string of the molecule is C=COCC1(CC)CCS(=O)(=O)C1. The first-order valence-electron chi connectivity index (χ1n) is 4.46. The summed E-state index contributed by atoms with van der Waals surface area (Å²) in [4.78, 5) is 0. The Hall–Kier alpha value is -0.510. The van der Waals surface area contributed by atoms with Gasteiger partial charge in [-0.25, -0.2) is 8.42 Å². The maximum atomic E-state index is 11.3. The molecule has 0 bridgehead atoms. The van der Waals surface area contributed by atoms with Crippen LogP contribution in [0.1, 0.15) is 19.8 Å². The molecular formula is C9H16O3S. The Kier molecular flexibility index (Phi) is 3.01. The van der Waals surface area contributed by atoms with Gasteiger partial charge in [0.25, 0.3) is 0 Å². The fraction of sp³-hybridized carbons (Fsp3) is 0.778. The lowest BCUT2D eigenvalue weighted by atomic mass is 9.86. The van der Waals surface area contributed by atoms with Crippen molar-refractivity contribution in [3.05, 3.63) is 12.8 Å². The van der Waals surface area contributed by atoms with Crippen LogP contribution in [0, 0.1) is 5.41 Å². The molecule has 0 aromatic carbocycles. The zero-order chi connectivity index (χ0) is 9.95. The van der Waals surface area contributed by atoms with E-state index in [1.54, 1.807) is 0 Å². The summed E-state index contributed by atoms with van der Waals surface area (Å²) in [5.74, 6) is 0.575. The molecule has 0 amide bonds. The zero-order valence-corrected chi connectivity index (χ0v) is 8.77. The molecule has 76 valence electrons. The molecule has 0 spiro atoms. The lowest BCUT2D eigenvalue weighted by molar-refractivity contribution is 0.125. The molecule has 1 aliphatic rings. The van der Waals surface area contributed by atoms with Crippen molar-refractivity contribution in [1.29, 1.82) is 0 Å². The monoisotopic (exact) mass is 204 g/mol. The molecule has 0 aromatic rings. The van der Waals surface area contributed by atoms with E-state index in [-0.39, 0.29) is 11.2 Å². The number of ether oxygens (including phenoxy) is 1. The van der Waals surface area contributed by atoms with E-state index in [2.05, 4.69) is 6.58 Å². The lowest BCUT2D eigenvalue weighted by Crippen LogP contribution is -2.26. The van der Waals surface area contributed by atoms with Gasteiger partial charge >= 0.3 is 0 Å². The molecule has 1 aliphatic heterocycles. The van der Waals surface area contributed by atoms with Crippen molar-refractivity contribution in [3.63, 3.8) is 0 Å². The van der Waals surface area contributed by atoms with Crippen LogP contribution in [0.25, 0.3) is 0 Å².